The molecule has 0 aliphatic rings. The summed E-state index contributed by atoms with van der Waals surface area (Å²) in [6.07, 6.45) is 0.379. The lowest BCUT2D eigenvalue weighted by Crippen LogP contribution is -2.20. The fourth-order valence-electron chi connectivity index (χ4n) is 2.77. The van der Waals surface area contributed by atoms with Gasteiger partial charge in [0.15, 0.2) is 5.84 Å². The van der Waals surface area contributed by atoms with Gasteiger partial charge < -0.3 is 25.7 Å². The third-order valence-electron chi connectivity index (χ3n) is 4.28. The molecule has 10 heteroatoms. The summed E-state index contributed by atoms with van der Waals surface area (Å²) < 4.78 is 24.7. The van der Waals surface area contributed by atoms with Crippen molar-refractivity contribution in [2.45, 2.75) is 6.42 Å². The standard InChI is InChI=1S/C21H21ClFN5O3/c1-30-21-26-18(13-4-2-5-14(10-13)31-12-19(24)28-29)11-20(27-21)25-9-8-15-16(22)6-3-7-17(15)23/h2-7,10-11,29H,8-9,12H2,1H3,(H2,24,28)(H,25,26,27). The highest BCUT2D eigenvalue weighted by Crippen LogP contribution is 2.26. The number of aromatic nitrogens is 2. The average molecular weight is 446 g/mol. The second kappa shape index (κ2) is 10.4. The van der Waals surface area contributed by atoms with E-state index in [-0.39, 0.29) is 24.3 Å². The first-order chi connectivity index (χ1) is 15.0. The maximum absolute atomic E-state index is 14.0. The van der Waals surface area contributed by atoms with E-state index in [1.165, 1.54) is 13.2 Å². The van der Waals surface area contributed by atoms with Gasteiger partial charge in [0.25, 0.3) is 0 Å². The molecule has 0 saturated heterocycles. The smallest absolute Gasteiger partial charge is 0.318 e. The molecule has 0 unspecified atom stereocenters. The van der Waals surface area contributed by atoms with Gasteiger partial charge in [-0.2, -0.15) is 9.97 Å². The van der Waals surface area contributed by atoms with Crippen LogP contribution in [0.5, 0.6) is 11.8 Å². The Morgan fingerprint density at radius 1 is 1.23 bits per heavy atom. The minimum absolute atomic E-state index is 0.0458. The summed E-state index contributed by atoms with van der Waals surface area (Å²) in [6.45, 7) is 0.349. The Labute approximate surface area is 183 Å². The van der Waals surface area contributed by atoms with Gasteiger partial charge in [0.05, 0.1) is 12.8 Å². The van der Waals surface area contributed by atoms with E-state index in [9.17, 15) is 4.39 Å². The molecule has 1 aromatic heterocycles. The first kappa shape index (κ1) is 22.1. The number of methoxy groups -OCH3 is 1. The van der Waals surface area contributed by atoms with Crippen molar-refractivity contribution >= 4 is 23.3 Å². The Kier molecular flexibility index (Phi) is 7.45. The van der Waals surface area contributed by atoms with Crippen molar-refractivity contribution in [3.8, 4) is 23.0 Å². The molecule has 0 amide bonds. The highest BCUT2D eigenvalue weighted by molar-refractivity contribution is 6.31. The van der Waals surface area contributed by atoms with Crippen molar-refractivity contribution in [1.82, 2.24) is 9.97 Å². The first-order valence-electron chi connectivity index (χ1n) is 9.29. The van der Waals surface area contributed by atoms with Gasteiger partial charge in [0.2, 0.25) is 0 Å². The second-order valence-corrected chi connectivity index (χ2v) is 6.82. The quantitative estimate of drug-likeness (QED) is 0.199. The third-order valence-corrected chi connectivity index (χ3v) is 4.63. The van der Waals surface area contributed by atoms with Crippen LogP contribution in [0, 0.1) is 5.82 Å². The number of amidine groups is 1. The predicted molar refractivity (Wildman–Crippen MR) is 117 cm³/mol. The SMILES string of the molecule is COc1nc(NCCc2c(F)cccc2Cl)cc(-c2cccc(OCC(N)=NO)c2)n1. The summed E-state index contributed by atoms with van der Waals surface area (Å²) in [5.74, 6) is 0.636. The summed E-state index contributed by atoms with van der Waals surface area (Å²) in [5.41, 5.74) is 7.21. The normalized spacial score (nSPS) is 11.3. The zero-order chi connectivity index (χ0) is 22.2. The number of oxime groups is 1. The van der Waals surface area contributed by atoms with Crippen LogP contribution in [-0.4, -0.2) is 41.3 Å². The number of rotatable bonds is 9. The van der Waals surface area contributed by atoms with E-state index in [4.69, 9.17) is 32.0 Å². The zero-order valence-corrected chi connectivity index (χ0v) is 17.4. The van der Waals surface area contributed by atoms with Crippen molar-refractivity contribution in [3.63, 3.8) is 0 Å². The Morgan fingerprint density at radius 2 is 2.03 bits per heavy atom. The summed E-state index contributed by atoms with van der Waals surface area (Å²) in [5, 5.41) is 15.0. The van der Waals surface area contributed by atoms with E-state index in [0.717, 1.165) is 5.56 Å². The fraction of sp³-hybridized carbons (Fsp3) is 0.190. The number of nitrogens with two attached hydrogens (primary N) is 1. The van der Waals surface area contributed by atoms with Crippen molar-refractivity contribution in [3.05, 3.63) is 64.9 Å². The molecular formula is C21H21ClFN5O3. The Hall–Kier alpha value is -3.59. The van der Waals surface area contributed by atoms with E-state index < -0.39 is 0 Å². The van der Waals surface area contributed by atoms with E-state index in [2.05, 4.69) is 20.4 Å². The van der Waals surface area contributed by atoms with Crippen LogP contribution in [0.1, 0.15) is 5.56 Å². The van der Waals surface area contributed by atoms with Crippen LogP contribution in [0.25, 0.3) is 11.3 Å². The van der Waals surface area contributed by atoms with E-state index in [1.54, 1.807) is 36.4 Å². The Morgan fingerprint density at radius 3 is 2.77 bits per heavy atom. The molecule has 31 heavy (non-hydrogen) atoms. The largest absolute Gasteiger partial charge is 0.486 e. The van der Waals surface area contributed by atoms with Crippen LogP contribution in [0.3, 0.4) is 0 Å². The molecule has 162 valence electrons. The average Bonchev–Trinajstić information content (AvgIpc) is 2.79. The third kappa shape index (κ3) is 5.95. The van der Waals surface area contributed by atoms with Crippen LogP contribution in [-0.2, 0) is 6.42 Å². The molecule has 3 aromatic rings. The number of nitrogens with one attached hydrogen (secondary N) is 1. The summed E-state index contributed by atoms with van der Waals surface area (Å²) in [4.78, 5) is 8.65. The van der Waals surface area contributed by atoms with E-state index in [0.29, 0.717) is 40.8 Å². The molecule has 0 saturated carbocycles. The van der Waals surface area contributed by atoms with E-state index in [1.807, 2.05) is 6.07 Å². The maximum atomic E-state index is 14.0. The van der Waals surface area contributed by atoms with Crippen LogP contribution in [0.2, 0.25) is 5.02 Å². The number of hydrogen-bond donors (Lipinski definition) is 3. The molecule has 8 nitrogen and oxygen atoms in total. The van der Waals surface area contributed by atoms with Gasteiger partial charge in [-0.3, -0.25) is 0 Å². The Bertz CT molecular complexity index is 1060. The molecule has 0 radical (unpaired) electrons. The number of nitrogens with zero attached hydrogens (tertiary/aromatic N) is 3. The highest BCUT2D eigenvalue weighted by atomic mass is 35.5. The van der Waals surface area contributed by atoms with Gasteiger partial charge in [0, 0.05) is 28.8 Å². The number of ether oxygens (including phenoxy) is 2. The van der Waals surface area contributed by atoms with Crippen LogP contribution < -0.4 is 20.5 Å². The van der Waals surface area contributed by atoms with Gasteiger partial charge in [-0.25, -0.2) is 4.39 Å². The van der Waals surface area contributed by atoms with Crippen LogP contribution >= 0.6 is 11.6 Å². The Balaban J connectivity index is 1.76. The maximum Gasteiger partial charge on any atom is 0.318 e. The monoisotopic (exact) mass is 445 g/mol. The zero-order valence-electron chi connectivity index (χ0n) is 16.7. The van der Waals surface area contributed by atoms with Crippen LogP contribution in [0.15, 0.2) is 53.7 Å². The molecule has 0 aliphatic heterocycles. The molecule has 0 aliphatic carbocycles. The second-order valence-electron chi connectivity index (χ2n) is 6.41. The molecule has 2 aromatic carbocycles. The summed E-state index contributed by atoms with van der Waals surface area (Å²) in [7, 11) is 1.47. The minimum Gasteiger partial charge on any atom is -0.486 e. The molecule has 0 bridgehead atoms. The summed E-state index contributed by atoms with van der Waals surface area (Å²) >= 11 is 6.08. The molecule has 0 fully saturated rings. The number of benzene rings is 2. The lowest BCUT2D eigenvalue weighted by atomic mass is 10.1. The van der Waals surface area contributed by atoms with Crippen molar-refractivity contribution in [2.24, 2.45) is 10.9 Å². The predicted octanol–water partition coefficient (Wildman–Crippen LogP) is 3.72. The topological polar surface area (TPSA) is 115 Å². The van der Waals surface area contributed by atoms with Gasteiger partial charge in [-0.1, -0.05) is 35.0 Å². The number of halogens is 2. The lowest BCUT2D eigenvalue weighted by molar-refractivity contribution is 0.306. The minimum atomic E-state index is -0.348. The van der Waals surface area contributed by atoms with Gasteiger partial charge in [0.1, 0.15) is 24.0 Å². The van der Waals surface area contributed by atoms with Crippen LogP contribution in [0.4, 0.5) is 10.2 Å². The van der Waals surface area contributed by atoms with Crippen molar-refractivity contribution < 1.29 is 19.1 Å². The lowest BCUT2D eigenvalue weighted by Gasteiger charge is -2.11. The molecule has 3 rings (SSSR count). The first-order valence-corrected chi connectivity index (χ1v) is 9.67. The van der Waals surface area contributed by atoms with E-state index >= 15 is 0 Å². The molecule has 4 N–H and O–H groups in total. The van der Waals surface area contributed by atoms with Crippen molar-refractivity contribution in [1.29, 1.82) is 0 Å². The molecule has 1 heterocycles. The van der Waals surface area contributed by atoms with Gasteiger partial charge in [-0.05, 0) is 30.7 Å². The number of anilines is 1. The van der Waals surface area contributed by atoms with Gasteiger partial charge >= 0.3 is 6.01 Å². The number of hydrogen-bond acceptors (Lipinski definition) is 7. The molecule has 0 spiro atoms. The van der Waals surface area contributed by atoms with Crippen molar-refractivity contribution in [2.75, 3.05) is 25.6 Å². The molecule has 0 atom stereocenters. The summed E-state index contributed by atoms with van der Waals surface area (Å²) in [6, 6.07) is 13.7. The van der Waals surface area contributed by atoms with Gasteiger partial charge in [-0.15, -0.1) is 0 Å². The molecular weight excluding hydrogens is 425 g/mol. The highest BCUT2D eigenvalue weighted by Gasteiger charge is 2.10. The fourth-order valence-corrected chi connectivity index (χ4v) is 3.03.